The summed E-state index contributed by atoms with van der Waals surface area (Å²) in [7, 11) is 0. The van der Waals surface area contributed by atoms with Crippen molar-refractivity contribution in [2.45, 2.75) is 0 Å². The second-order valence-electron chi connectivity index (χ2n) is 7.25. The van der Waals surface area contributed by atoms with E-state index in [-0.39, 0.29) is 28.2 Å². The second kappa shape index (κ2) is 7.46. The predicted molar refractivity (Wildman–Crippen MR) is 121 cm³/mol. The standard InChI is InChI=1S/C26H18N2O3/c29-21-15-14-20(28-17-10-5-2-6-11-17)23-24(21)26(31)22-18(25(23)30)12-7-13-19(22)27-16-8-3-1-4-9-16/h1-15,27-29H. The maximum Gasteiger partial charge on any atom is 0.200 e. The van der Waals surface area contributed by atoms with Crippen LogP contribution in [0.15, 0.2) is 91.0 Å². The highest BCUT2D eigenvalue weighted by atomic mass is 16.3. The molecule has 5 rings (SSSR count). The molecular formula is C26H18N2O3. The number of fused-ring (bicyclic) bond motifs is 2. The van der Waals surface area contributed by atoms with Crippen LogP contribution in [0.5, 0.6) is 5.75 Å². The lowest BCUT2D eigenvalue weighted by Crippen LogP contribution is -2.23. The fourth-order valence-electron chi connectivity index (χ4n) is 3.87. The van der Waals surface area contributed by atoms with Gasteiger partial charge in [0.1, 0.15) is 5.75 Å². The summed E-state index contributed by atoms with van der Waals surface area (Å²) in [5, 5.41) is 16.9. The number of hydrogen-bond acceptors (Lipinski definition) is 5. The van der Waals surface area contributed by atoms with Gasteiger partial charge < -0.3 is 15.7 Å². The van der Waals surface area contributed by atoms with Gasteiger partial charge in [-0.1, -0.05) is 48.5 Å². The molecule has 0 bridgehead atoms. The summed E-state index contributed by atoms with van der Waals surface area (Å²) in [5.74, 6) is -0.916. The van der Waals surface area contributed by atoms with Crippen LogP contribution in [0.25, 0.3) is 0 Å². The van der Waals surface area contributed by atoms with Gasteiger partial charge in [-0.2, -0.15) is 0 Å². The van der Waals surface area contributed by atoms with E-state index in [2.05, 4.69) is 10.6 Å². The Morgan fingerprint density at radius 1 is 0.516 bits per heavy atom. The van der Waals surface area contributed by atoms with E-state index in [1.165, 1.54) is 6.07 Å². The van der Waals surface area contributed by atoms with Gasteiger partial charge >= 0.3 is 0 Å². The number of phenolic OH excluding ortho intramolecular Hbond substituents is 1. The highest BCUT2D eigenvalue weighted by Crippen LogP contribution is 2.40. The number of benzene rings is 4. The van der Waals surface area contributed by atoms with Gasteiger partial charge in [0, 0.05) is 16.9 Å². The topological polar surface area (TPSA) is 78.4 Å². The second-order valence-corrected chi connectivity index (χ2v) is 7.25. The summed E-state index contributed by atoms with van der Waals surface area (Å²) < 4.78 is 0. The SMILES string of the molecule is O=C1c2c(Nc3ccccc3)cccc2C(=O)c2c(Nc3ccccc3)ccc(O)c21. The number of hydrogen-bond donors (Lipinski definition) is 3. The third-order valence-electron chi connectivity index (χ3n) is 5.28. The number of ketones is 2. The first kappa shape index (κ1) is 18.6. The van der Waals surface area contributed by atoms with Crippen LogP contribution in [0.4, 0.5) is 22.7 Å². The van der Waals surface area contributed by atoms with Crippen LogP contribution < -0.4 is 10.6 Å². The zero-order valence-electron chi connectivity index (χ0n) is 16.4. The number of para-hydroxylation sites is 2. The fourth-order valence-corrected chi connectivity index (χ4v) is 3.87. The van der Waals surface area contributed by atoms with Gasteiger partial charge in [-0.25, -0.2) is 0 Å². The molecule has 5 nitrogen and oxygen atoms in total. The molecule has 4 aromatic carbocycles. The largest absolute Gasteiger partial charge is 0.507 e. The van der Waals surface area contributed by atoms with Gasteiger partial charge in [0.15, 0.2) is 11.6 Å². The lowest BCUT2D eigenvalue weighted by atomic mass is 9.81. The van der Waals surface area contributed by atoms with E-state index in [1.807, 2.05) is 60.7 Å². The Morgan fingerprint density at radius 2 is 1.10 bits per heavy atom. The average molecular weight is 406 g/mol. The molecule has 1 aliphatic rings. The van der Waals surface area contributed by atoms with Crippen molar-refractivity contribution in [2.75, 3.05) is 10.6 Å². The highest BCUT2D eigenvalue weighted by Gasteiger charge is 2.36. The smallest absolute Gasteiger partial charge is 0.200 e. The minimum atomic E-state index is -0.391. The van der Waals surface area contributed by atoms with Crippen molar-refractivity contribution in [1.29, 1.82) is 0 Å². The van der Waals surface area contributed by atoms with Crippen molar-refractivity contribution >= 4 is 34.3 Å². The monoisotopic (exact) mass is 406 g/mol. The number of aromatic hydroxyl groups is 1. The van der Waals surface area contributed by atoms with E-state index in [4.69, 9.17) is 0 Å². The lowest BCUT2D eigenvalue weighted by molar-refractivity contribution is 0.0978. The molecule has 0 amide bonds. The molecule has 31 heavy (non-hydrogen) atoms. The maximum absolute atomic E-state index is 13.5. The number of carbonyl (C=O) groups excluding carboxylic acids is 2. The van der Waals surface area contributed by atoms with E-state index in [0.717, 1.165) is 11.4 Å². The summed E-state index contributed by atoms with van der Waals surface area (Å²) in [6.45, 7) is 0. The summed E-state index contributed by atoms with van der Waals surface area (Å²) in [6.07, 6.45) is 0. The van der Waals surface area contributed by atoms with Crippen molar-refractivity contribution in [3.63, 3.8) is 0 Å². The van der Waals surface area contributed by atoms with Gasteiger partial charge in [-0.15, -0.1) is 0 Å². The lowest BCUT2D eigenvalue weighted by Gasteiger charge is -2.24. The Morgan fingerprint density at radius 3 is 1.71 bits per heavy atom. The first-order chi connectivity index (χ1) is 15.1. The van der Waals surface area contributed by atoms with Gasteiger partial charge in [-0.05, 0) is 42.5 Å². The molecule has 0 saturated carbocycles. The molecule has 0 spiro atoms. The zero-order valence-corrected chi connectivity index (χ0v) is 16.4. The molecule has 0 radical (unpaired) electrons. The van der Waals surface area contributed by atoms with Crippen LogP contribution in [-0.4, -0.2) is 16.7 Å². The molecule has 0 aromatic heterocycles. The molecule has 0 atom stereocenters. The number of anilines is 4. The average Bonchev–Trinajstić information content (AvgIpc) is 2.80. The van der Waals surface area contributed by atoms with Crippen molar-refractivity contribution in [3.05, 3.63) is 113 Å². The van der Waals surface area contributed by atoms with Crippen LogP contribution in [0, 0.1) is 0 Å². The van der Waals surface area contributed by atoms with Crippen LogP contribution in [-0.2, 0) is 0 Å². The quantitative estimate of drug-likeness (QED) is 0.336. The van der Waals surface area contributed by atoms with Crippen molar-refractivity contribution in [3.8, 4) is 5.75 Å². The Labute approximate surface area is 179 Å². The molecule has 150 valence electrons. The van der Waals surface area contributed by atoms with Gasteiger partial charge in [0.2, 0.25) is 0 Å². The molecule has 0 heterocycles. The summed E-state index contributed by atoms with van der Waals surface area (Å²) in [6, 6.07) is 27.0. The van der Waals surface area contributed by atoms with E-state index in [1.54, 1.807) is 24.3 Å². The Balaban J connectivity index is 1.64. The van der Waals surface area contributed by atoms with Crippen LogP contribution in [0.2, 0.25) is 0 Å². The number of phenols is 1. The summed E-state index contributed by atoms with van der Waals surface area (Å²) in [5.41, 5.74) is 3.33. The number of rotatable bonds is 4. The van der Waals surface area contributed by atoms with E-state index < -0.39 is 5.78 Å². The first-order valence-corrected chi connectivity index (χ1v) is 9.86. The molecular weight excluding hydrogens is 388 g/mol. The minimum absolute atomic E-state index is 0.0146. The molecule has 0 aliphatic heterocycles. The van der Waals surface area contributed by atoms with E-state index in [0.29, 0.717) is 16.9 Å². The third kappa shape index (κ3) is 3.22. The van der Waals surface area contributed by atoms with Gasteiger partial charge in [0.25, 0.3) is 0 Å². The first-order valence-electron chi connectivity index (χ1n) is 9.86. The summed E-state index contributed by atoms with van der Waals surface area (Å²) >= 11 is 0. The van der Waals surface area contributed by atoms with E-state index >= 15 is 0 Å². The van der Waals surface area contributed by atoms with Crippen LogP contribution in [0.3, 0.4) is 0 Å². The van der Waals surface area contributed by atoms with Crippen LogP contribution >= 0.6 is 0 Å². The van der Waals surface area contributed by atoms with Crippen molar-refractivity contribution in [1.82, 2.24) is 0 Å². The number of carbonyl (C=O) groups is 2. The highest BCUT2D eigenvalue weighted by molar-refractivity contribution is 6.32. The Hall–Kier alpha value is -4.38. The van der Waals surface area contributed by atoms with Crippen molar-refractivity contribution < 1.29 is 14.7 Å². The van der Waals surface area contributed by atoms with Gasteiger partial charge in [-0.3, -0.25) is 9.59 Å². The van der Waals surface area contributed by atoms with Crippen molar-refractivity contribution in [2.24, 2.45) is 0 Å². The molecule has 0 unspecified atom stereocenters. The maximum atomic E-state index is 13.5. The summed E-state index contributed by atoms with van der Waals surface area (Å²) in [4.78, 5) is 27.0. The predicted octanol–water partition coefficient (Wildman–Crippen LogP) is 5.65. The van der Waals surface area contributed by atoms with Crippen LogP contribution in [0.1, 0.15) is 31.8 Å². The molecule has 4 aromatic rings. The zero-order chi connectivity index (χ0) is 21.4. The molecule has 3 N–H and O–H groups in total. The normalized spacial score (nSPS) is 12.1. The van der Waals surface area contributed by atoms with E-state index in [9.17, 15) is 14.7 Å². The molecule has 5 heteroatoms. The Kier molecular flexibility index (Phi) is 4.49. The minimum Gasteiger partial charge on any atom is -0.507 e. The molecule has 1 aliphatic carbocycles. The number of nitrogens with one attached hydrogen (secondary N) is 2. The fraction of sp³-hybridized carbons (Fsp3) is 0. The van der Waals surface area contributed by atoms with Gasteiger partial charge in [0.05, 0.1) is 28.1 Å². The third-order valence-corrected chi connectivity index (χ3v) is 5.28. The molecule has 0 fully saturated rings. The molecule has 0 saturated heterocycles. The Bertz CT molecular complexity index is 1320.